The van der Waals surface area contributed by atoms with Crippen molar-refractivity contribution in [3.05, 3.63) is 60.2 Å². The molecule has 2 aromatic carbocycles. The molecule has 100 valence electrons. The van der Waals surface area contributed by atoms with Gasteiger partial charge in [0.15, 0.2) is 0 Å². The summed E-state index contributed by atoms with van der Waals surface area (Å²) in [5.41, 5.74) is 2.70. The Labute approximate surface area is 120 Å². The number of hydrogen-bond donors (Lipinski definition) is 1. The third-order valence-corrected chi connectivity index (χ3v) is 3.95. The lowest BCUT2D eigenvalue weighted by Crippen LogP contribution is -2.03. The molecule has 0 spiro atoms. The highest BCUT2D eigenvalue weighted by Gasteiger charge is 1.98. The van der Waals surface area contributed by atoms with E-state index in [4.69, 9.17) is 0 Å². The van der Waals surface area contributed by atoms with Crippen LogP contribution >= 0.6 is 11.8 Å². The van der Waals surface area contributed by atoms with E-state index >= 15 is 0 Å². The Balaban J connectivity index is 1.69. The Morgan fingerprint density at radius 1 is 0.895 bits per heavy atom. The topological polar surface area (TPSA) is 12.0 Å². The second kappa shape index (κ2) is 7.90. The minimum Gasteiger partial charge on any atom is -0.384 e. The van der Waals surface area contributed by atoms with Crippen LogP contribution in [-0.4, -0.2) is 12.8 Å². The normalized spacial score (nSPS) is 10.4. The van der Waals surface area contributed by atoms with E-state index in [2.05, 4.69) is 66.2 Å². The van der Waals surface area contributed by atoms with Gasteiger partial charge in [-0.15, -0.1) is 11.8 Å². The summed E-state index contributed by atoms with van der Waals surface area (Å²) in [7, 11) is 0. The third kappa shape index (κ3) is 4.64. The van der Waals surface area contributed by atoms with E-state index in [0.29, 0.717) is 0 Å². The van der Waals surface area contributed by atoms with E-state index in [-0.39, 0.29) is 0 Å². The van der Waals surface area contributed by atoms with E-state index in [0.717, 1.165) is 6.54 Å². The van der Waals surface area contributed by atoms with Gasteiger partial charge in [0, 0.05) is 17.1 Å². The van der Waals surface area contributed by atoms with Crippen molar-refractivity contribution >= 4 is 17.4 Å². The molecule has 0 amide bonds. The monoisotopic (exact) mass is 271 g/mol. The van der Waals surface area contributed by atoms with Crippen molar-refractivity contribution in [1.29, 1.82) is 0 Å². The van der Waals surface area contributed by atoms with Crippen LogP contribution in [0.3, 0.4) is 0 Å². The van der Waals surface area contributed by atoms with Crippen molar-refractivity contribution < 1.29 is 0 Å². The van der Waals surface area contributed by atoms with Gasteiger partial charge in [-0.3, -0.25) is 0 Å². The second-order valence-electron chi connectivity index (χ2n) is 4.57. The van der Waals surface area contributed by atoms with Crippen LogP contribution in [0.4, 0.5) is 5.69 Å². The SMILES string of the molecule is CSc1ccccc1NCCCCc1ccccc1. The van der Waals surface area contributed by atoms with Gasteiger partial charge in [0.05, 0.1) is 0 Å². The molecule has 0 saturated heterocycles. The van der Waals surface area contributed by atoms with E-state index in [1.165, 1.54) is 35.4 Å². The minimum atomic E-state index is 1.05. The maximum Gasteiger partial charge on any atom is 0.0478 e. The summed E-state index contributed by atoms with van der Waals surface area (Å²) in [5, 5.41) is 3.53. The number of rotatable bonds is 7. The first kappa shape index (κ1) is 14.0. The lowest BCUT2D eigenvalue weighted by atomic mass is 10.1. The smallest absolute Gasteiger partial charge is 0.0478 e. The molecule has 2 heteroatoms. The van der Waals surface area contributed by atoms with Crippen LogP contribution in [0.1, 0.15) is 18.4 Å². The molecule has 0 aliphatic heterocycles. The minimum absolute atomic E-state index is 1.05. The number of para-hydroxylation sites is 1. The van der Waals surface area contributed by atoms with Crippen LogP contribution in [0.5, 0.6) is 0 Å². The maximum atomic E-state index is 3.53. The molecule has 0 aliphatic rings. The lowest BCUT2D eigenvalue weighted by Gasteiger charge is -2.10. The molecule has 0 atom stereocenters. The Morgan fingerprint density at radius 3 is 2.42 bits per heavy atom. The molecule has 0 radical (unpaired) electrons. The van der Waals surface area contributed by atoms with Crippen LogP contribution in [0.2, 0.25) is 0 Å². The van der Waals surface area contributed by atoms with Crippen molar-refractivity contribution in [3.8, 4) is 0 Å². The Hall–Kier alpha value is -1.41. The zero-order valence-corrected chi connectivity index (χ0v) is 12.2. The van der Waals surface area contributed by atoms with Crippen molar-refractivity contribution in [3.63, 3.8) is 0 Å². The van der Waals surface area contributed by atoms with Gasteiger partial charge < -0.3 is 5.32 Å². The molecule has 0 fully saturated rings. The predicted molar refractivity (Wildman–Crippen MR) is 86.1 cm³/mol. The van der Waals surface area contributed by atoms with Gasteiger partial charge in [-0.25, -0.2) is 0 Å². The molecule has 0 bridgehead atoms. The molecule has 0 saturated carbocycles. The molecular formula is C17H21NS. The Kier molecular flexibility index (Phi) is 5.83. The van der Waals surface area contributed by atoms with E-state index in [1.54, 1.807) is 11.8 Å². The highest BCUT2D eigenvalue weighted by Crippen LogP contribution is 2.24. The summed E-state index contributed by atoms with van der Waals surface area (Å²) in [6.07, 6.45) is 5.73. The fraction of sp³-hybridized carbons (Fsp3) is 0.294. The number of anilines is 1. The molecule has 0 unspecified atom stereocenters. The average molecular weight is 271 g/mol. The second-order valence-corrected chi connectivity index (χ2v) is 5.42. The van der Waals surface area contributed by atoms with E-state index < -0.39 is 0 Å². The molecule has 2 aromatic rings. The highest BCUT2D eigenvalue weighted by atomic mass is 32.2. The molecule has 1 nitrogen and oxygen atoms in total. The van der Waals surface area contributed by atoms with Crippen LogP contribution in [0, 0.1) is 0 Å². The van der Waals surface area contributed by atoms with Crippen molar-refractivity contribution in [2.45, 2.75) is 24.2 Å². The van der Waals surface area contributed by atoms with Gasteiger partial charge in [-0.2, -0.15) is 0 Å². The number of thioether (sulfide) groups is 1. The highest BCUT2D eigenvalue weighted by molar-refractivity contribution is 7.98. The number of benzene rings is 2. The van der Waals surface area contributed by atoms with Crippen molar-refractivity contribution in [2.24, 2.45) is 0 Å². The standard InChI is InChI=1S/C17H21NS/c1-19-17-13-6-5-12-16(17)18-14-8-7-11-15-9-3-2-4-10-15/h2-6,9-10,12-13,18H,7-8,11,14H2,1H3. The third-order valence-electron chi connectivity index (χ3n) is 3.16. The number of nitrogens with one attached hydrogen (secondary N) is 1. The summed E-state index contributed by atoms with van der Waals surface area (Å²) in [6.45, 7) is 1.05. The predicted octanol–water partition coefficient (Wildman–Crippen LogP) is 4.84. The first-order valence-electron chi connectivity index (χ1n) is 6.81. The molecule has 2 rings (SSSR count). The van der Waals surface area contributed by atoms with Gasteiger partial charge in [0.25, 0.3) is 0 Å². The van der Waals surface area contributed by atoms with E-state index in [1.807, 2.05) is 0 Å². The molecule has 19 heavy (non-hydrogen) atoms. The lowest BCUT2D eigenvalue weighted by molar-refractivity contribution is 0.762. The number of hydrogen-bond acceptors (Lipinski definition) is 2. The summed E-state index contributed by atoms with van der Waals surface area (Å²) in [6, 6.07) is 19.2. The van der Waals surface area contributed by atoms with Crippen LogP contribution in [0.15, 0.2) is 59.5 Å². The van der Waals surface area contributed by atoms with Crippen LogP contribution in [0.25, 0.3) is 0 Å². The molecular weight excluding hydrogens is 250 g/mol. The largest absolute Gasteiger partial charge is 0.384 e. The van der Waals surface area contributed by atoms with Gasteiger partial charge in [0.2, 0.25) is 0 Å². The maximum absolute atomic E-state index is 3.53. The fourth-order valence-electron chi connectivity index (χ4n) is 2.11. The number of unbranched alkanes of at least 4 members (excludes halogenated alkanes) is 1. The first-order valence-corrected chi connectivity index (χ1v) is 8.03. The first-order chi connectivity index (χ1) is 9.40. The van der Waals surface area contributed by atoms with E-state index in [9.17, 15) is 0 Å². The molecule has 1 N–H and O–H groups in total. The zero-order valence-electron chi connectivity index (χ0n) is 11.4. The number of aryl methyl sites for hydroxylation is 1. The van der Waals surface area contributed by atoms with Gasteiger partial charge >= 0.3 is 0 Å². The van der Waals surface area contributed by atoms with Crippen LogP contribution in [-0.2, 0) is 6.42 Å². The van der Waals surface area contributed by atoms with Crippen molar-refractivity contribution in [2.75, 3.05) is 18.1 Å². The fourth-order valence-corrected chi connectivity index (χ4v) is 2.69. The summed E-state index contributed by atoms with van der Waals surface area (Å²) in [5.74, 6) is 0. The van der Waals surface area contributed by atoms with Crippen LogP contribution < -0.4 is 5.32 Å². The Bertz CT molecular complexity index is 482. The van der Waals surface area contributed by atoms with Gasteiger partial charge in [-0.05, 0) is 43.2 Å². The van der Waals surface area contributed by atoms with Gasteiger partial charge in [-0.1, -0.05) is 42.5 Å². The summed E-state index contributed by atoms with van der Waals surface area (Å²) < 4.78 is 0. The summed E-state index contributed by atoms with van der Waals surface area (Å²) >= 11 is 1.79. The molecule has 0 heterocycles. The molecule has 0 aliphatic carbocycles. The quantitative estimate of drug-likeness (QED) is 0.571. The average Bonchev–Trinajstić information content (AvgIpc) is 2.48. The van der Waals surface area contributed by atoms with Crippen molar-refractivity contribution in [1.82, 2.24) is 0 Å². The van der Waals surface area contributed by atoms with Gasteiger partial charge in [0.1, 0.15) is 0 Å². The zero-order chi connectivity index (χ0) is 13.3. The summed E-state index contributed by atoms with van der Waals surface area (Å²) in [4.78, 5) is 1.32. The Morgan fingerprint density at radius 2 is 1.63 bits per heavy atom. The molecule has 0 aromatic heterocycles.